The molecule has 0 spiro atoms. The smallest absolute Gasteiger partial charge is 0.397 e. The Kier molecular flexibility index (Phi) is 3.84. The summed E-state index contributed by atoms with van der Waals surface area (Å²) < 4.78 is 17.6. The second kappa shape index (κ2) is 4.94. The lowest BCUT2D eigenvalue weighted by molar-refractivity contribution is -0.151. The molecule has 6 heteroatoms. The fourth-order valence-corrected chi connectivity index (χ4v) is 1.24. The molecule has 0 aliphatic heterocycles. The van der Waals surface area contributed by atoms with E-state index in [1.807, 2.05) is 0 Å². The second-order valence-corrected chi connectivity index (χ2v) is 3.39. The lowest BCUT2D eigenvalue weighted by Crippen LogP contribution is -2.34. The Labute approximate surface area is 96.6 Å². The molecule has 0 bridgehead atoms. The third kappa shape index (κ3) is 2.49. The Morgan fingerprint density at radius 1 is 1.44 bits per heavy atom. The van der Waals surface area contributed by atoms with Crippen molar-refractivity contribution < 1.29 is 18.7 Å². The molecule has 0 heterocycles. The van der Waals surface area contributed by atoms with Gasteiger partial charge in [-0.05, 0) is 18.2 Å². The molecule has 0 aromatic heterocycles. The number of benzene rings is 1. The highest BCUT2D eigenvalue weighted by Crippen LogP contribution is 2.22. The highest BCUT2D eigenvalue weighted by Gasteiger charge is 2.22. The molecular formula is C10H9ClFNO3. The van der Waals surface area contributed by atoms with Crippen molar-refractivity contribution in [2.75, 3.05) is 19.1 Å². The molecule has 0 saturated carbocycles. The molecule has 0 unspecified atom stereocenters. The fourth-order valence-electron chi connectivity index (χ4n) is 1.08. The van der Waals surface area contributed by atoms with E-state index in [1.54, 1.807) is 0 Å². The first kappa shape index (κ1) is 12.4. The van der Waals surface area contributed by atoms with E-state index in [0.29, 0.717) is 0 Å². The van der Waals surface area contributed by atoms with Gasteiger partial charge < -0.3 is 9.64 Å². The van der Waals surface area contributed by atoms with Crippen molar-refractivity contribution in [1.29, 1.82) is 0 Å². The zero-order valence-corrected chi connectivity index (χ0v) is 9.42. The van der Waals surface area contributed by atoms with E-state index in [4.69, 9.17) is 11.6 Å². The van der Waals surface area contributed by atoms with Crippen LogP contribution in [0.2, 0.25) is 5.02 Å². The summed E-state index contributed by atoms with van der Waals surface area (Å²) in [6.07, 6.45) is 0. The van der Waals surface area contributed by atoms with Crippen LogP contribution < -0.4 is 4.90 Å². The van der Waals surface area contributed by atoms with E-state index in [1.165, 1.54) is 19.2 Å². The Bertz CT molecular complexity index is 436. The summed E-state index contributed by atoms with van der Waals surface area (Å²) in [6.45, 7) is 0. The Hall–Kier alpha value is -1.62. The van der Waals surface area contributed by atoms with Crippen LogP contribution in [0.3, 0.4) is 0 Å². The first-order valence-corrected chi connectivity index (χ1v) is 4.66. The van der Waals surface area contributed by atoms with Crippen LogP contribution in [0.4, 0.5) is 10.1 Å². The first-order valence-electron chi connectivity index (χ1n) is 4.28. The molecule has 0 N–H and O–H groups in total. The van der Waals surface area contributed by atoms with Gasteiger partial charge in [-0.15, -0.1) is 0 Å². The molecule has 0 radical (unpaired) electrons. The SMILES string of the molecule is COC(=O)C(=O)N(C)c1cc(Cl)ccc1F. The second-order valence-electron chi connectivity index (χ2n) is 2.95. The van der Waals surface area contributed by atoms with Crippen molar-refractivity contribution in [3.05, 3.63) is 29.0 Å². The van der Waals surface area contributed by atoms with Gasteiger partial charge in [-0.3, -0.25) is 4.79 Å². The van der Waals surface area contributed by atoms with Crippen molar-refractivity contribution in [1.82, 2.24) is 0 Å². The number of esters is 1. The average molecular weight is 246 g/mol. The number of halogens is 2. The molecule has 0 atom stereocenters. The number of likely N-dealkylation sites (N-methyl/N-ethyl adjacent to an activating group) is 1. The molecule has 1 aromatic rings. The van der Waals surface area contributed by atoms with Gasteiger partial charge in [-0.25, -0.2) is 9.18 Å². The fraction of sp³-hybridized carbons (Fsp3) is 0.200. The third-order valence-electron chi connectivity index (χ3n) is 1.93. The van der Waals surface area contributed by atoms with Crippen molar-refractivity contribution in [2.45, 2.75) is 0 Å². The average Bonchev–Trinajstić information content (AvgIpc) is 2.29. The van der Waals surface area contributed by atoms with Crippen LogP contribution in [0.25, 0.3) is 0 Å². The molecular weight excluding hydrogens is 237 g/mol. The summed E-state index contributed by atoms with van der Waals surface area (Å²) in [5.74, 6) is -2.69. The van der Waals surface area contributed by atoms with Crippen molar-refractivity contribution in [3.63, 3.8) is 0 Å². The van der Waals surface area contributed by atoms with E-state index in [9.17, 15) is 14.0 Å². The van der Waals surface area contributed by atoms with Gasteiger partial charge in [0.25, 0.3) is 0 Å². The molecule has 0 fully saturated rings. The predicted octanol–water partition coefficient (Wildman–Crippen LogP) is 1.61. The lowest BCUT2D eigenvalue weighted by atomic mass is 10.3. The van der Waals surface area contributed by atoms with Gasteiger partial charge >= 0.3 is 11.9 Å². The summed E-state index contributed by atoms with van der Waals surface area (Å²) >= 11 is 5.66. The van der Waals surface area contributed by atoms with Gasteiger partial charge in [0.05, 0.1) is 12.8 Å². The number of anilines is 1. The van der Waals surface area contributed by atoms with Gasteiger partial charge in [0.2, 0.25) is 0 Å². The highest BCUT2D eigenvalue weighted by atomic mass is 35.5. The molecule has 16 heavy (non-hydrogen) atoms. The Morgan fingerprint density at radius 2 is 2.06 bits per heavy atom. The van der Waals surface area contributed by atoms with E-state index in [0.717, 1.165) is 18.1 Å². The standard InChI is InChI=1S/C10H9ClFNO3/c1-13(9(14)10(15)16-2)8-5-6(11)3-4-7(8)12/h3-5H,1-2H3. The molecule has 0 aliphatic rings. The largest absolute Gasteiger partial charge is 0.462 e. The van der Waals surface area contributed by atoms with E-state index < -0.39 is 17.7 Å². The third-order valence-corrected chi connectivity index (χ3v) is 2.17. The molecule has 4 nitrogen and oxygen atoms in total. The van der Waals surface area contributed by atoms with Gasteiger partial charge in [0, 0.05) is 12.1 Å². The summed E-state index contributed by atoms with van der Waals surface area (Å²) in [5, 5.41) is 0.265. The molecule has 86 valence electrons. The van der Waals surface area contributed by atoms with Crippen LogP contribution in [0.5, 0.6) is 0 Å². The molecule has 0 aliphatic carbocycles. The zero-order chi connectivity index (χ0) is 12.3. The highest BCUT2D eigenvalue weighted by molar-refractivity contribution is 6.38. The van der Waals surface area contributed by atoms with Gasteiger partial charge in [-0.2, -0.15) is 0 Å². The topological polar surface area (TPSA) is 46.6 Å². The van der Waals surface area contributed by atoms with Crippen molar-refractivity contribution in [2.24, 2.45) is 0 Å². The van der Waals surface area contributed by atoms with E-state index in [2.05, 4.69) is 4.74 Å². The molecule has 1 aromatic carbocycles. The minimum absolute atomic E-state index is 0.0806. The number of hydrogen-bond acceptors (Lipinski definition) is 3. The number of hydrogen-bond donors (Lipinski definition) is 0. The Balaban J connectivity index is 3.04. The zero-order valence-electron chi connectivity index (χ0n) is 8.66. The predicted molar refractivity (Wildman–Crippen MR) is 56.8 cm³/mol. The molecule has 0 saturated heterocycles. The van der Waals surface area contributed by atoms with Gasteiger partial charge in [-0.1, -0.05) is 11.6 Å². The molecule has 1 amide bonds. The number of methoxy groups -OCH3 is 1. The summed E-state index contributed by atoms with van der Waals surface area (Å²) in [4.78, 5) is 23.2. The quantitative estimate of drug-likeness (QED) is 0.558. The van der Waals surface area contributed by atoms with Gasteiger partial charge in [0.15, 0.2) is 0 Å². The Morgan fingerprint density at radius 3 is 2.62 bits per heavy atom. The maximum Gasteiger partial charge on any atom is 0.397 e. The number of carbonyl (C=O) groups is 2. The minimum atomic E-state index is -1.07. The summed E-state index contributed by atoms with van der Waals surface area (Å²) in [5.41, 5.74) is -0.0806. The van der Waals surface area contributed by atoms with Crippen LogP contribution in [0.1, 0.15) is 0 Å². The van der Waals surface area contributed by atoms with Crippen LogP contribution >= 0.6 is 11.6 Å². The minimum Gasteiger partial charge on any atom is -0.462 e. The maximum atomic E-state index is 13.3. The normalized spacial score (nSPS) is 9.75. The molecule has 1 rings (SSSR count). The number of rotatable bonds is 1. The number of ether oxygens (including phenoxy) is 1. The maximum absolute atomic E-state index is 13.3. The van der Waals surface area contributed by atoms with Crippen LogP contribution in [-0.4, -0.2) is 26.0 Å². The number of nitrogens with zero attached hydrogens (tertiary/aromatic N) is 1. The van der Waals surface area contributed by atoms with Crippen LogP contribution in [0, 0.1) is 5.82 Å². The summed E-state index contributed by atoms with van der Waals surface area (Å²) in [6, 6.07) is 3.70. The van der Waals surface area contributed by atoms with Crippen molar-refractivity contribution in [3.8, 4) is 0 Å². The van der Waals surface area contributed by atoms with Crippen molar-refractivity contribution >= 4 is 29.2 Å². The lowest BCUT2D eigenvalue weighted by Gasteiger charge is -2.16. The van der Waals surface area contributed by atoms with Crippen LogP contribution in [-0.2, 0) is 14.3 Å². The monoisotopic (exact) mass is 245 g/mol. The number of amides is 1. The summed E-state index contributed by atoms with van der Waals surface area (Å²) in [7, 11) is 2.33. The van der Waals surface area contributed by atoms with Gasteiger partial charge in [0.1, 0.15) is 5.82 Å². The first-order chi connectivity index (χ1) is 7.47. The van der Waals surface area contributed by atoms with E-state index >= 15 is 0 Å². The van der Waals surface area contributed by atoms with Crippen LogP contribution in [0.15, 0.2) is 18.2 Å². The number of carbonyl (C=O) groups excluding carboxylic acids is 2. The van der Waals surface area contributed by atoms with E-state index in [-0.39, 0.29) is 10.7 Å².